The van der Waals surface area contributed by atoms with E-state index in [4.69, 9.17) is 11.6 Å². The van der Waals surface area contributed by atoms with E-state index in [2.05, 4.69) is 50.0 Å². The molecule has 0 aliphatic rings. The molecule has 1 heterocycles. The van der Waals surface area contributed by atoms with Gasteiger partial charge in [0.1, 0.15) is 0 Å². The number of benzene rings is 1. The van der Waals surface area contributed by atoms with Crippen molar-refractivity contribution in [2.24, 2.45) is 5.92 Å². The molecule has 1 nitrogen and oxygen atoms in total. The summed E-state index contributed by atoms with van der Waals surface area (Å²) in [6.45, 7) is 6.32. The van der Waals surface area contributed by atoms with Crippen molar-refractivity contribution in [3.8, 4) is 0 Å². The first-order chi connectivity index (χ1) is 9.08. The van der Waals surface area contributed by atoms with E-state index >= 15 is 0 Å². The molecule has 0 spiro atoms. The lowest BCUT2D eigenvalue weighted by molar-refractivity contribution is 0.581. The fourth-order valence-electron chi connectivity index (χ4n) is 2.11. The fraction of sp³-hybridized carbons (Fsp3) is 0.438. The maximum atomic E-state index is 6.12. The van der Waals surface area contributed by atoms with Crippen LogP contribution in [0, 0.1) is 26.7 Å². The number of aromatic nitrogens is 1. The monoisotopic (exact) mass is 293 g/mol. The lowest BCUT2D eigenvalue weighted by atomic mass is 9.97. The van der Waals surface area contributed by atoms with Crippen LogP contribution in [-0.2, 0) is 12.8 Å². The van der Waals surface area contributed by atoms with Crippen LogP contribution in [0.1, 0.15) is 26.7 Å². The van der Waals surface area contributed by atoms with Crippen LogP contribution in [0.3, 0.4) is 0 Å². The maximum Gasteiger partial charge on any atom is 0.0934 e. The van der Waals surface area contributed by atoms with Gasteiger partial charge in [-0.15, -0.1) is 22.9 Å². The van der Waals surface area contributed by atoms with Gasteiger partial charge in [-0.25, -0.2) is 4.98 Å². The third-order valence-corrected chi connectivity index (χ3v) is 4.93. The van der Waals surface area contributed by atoms with Crippen LogP contribution in [0.4, 0.5) is 0 Å². The molecule has 1 unspecified atom stereocenters. The first-order valence-electron chi connectivity index (χ1n) is 6.63. The van der Waals surface area contributed by atoms with Gasteiger partial charge in [0.15, 0.2) is 0 Å². The first kappa shape index (κ1) is 14.5. The lowest BCUT2D eigenvalue weighted by Crippen LogP contribution is -2.10. The molecule has 19 heavy (non-hydrogen) atoms. The maximum absolute atomic E-state index is 6.12. The minimum absolute atomic E-state index is 0.467. The van der Waals surface area contributed by atoms with Crippen molar-refractivity contribution in [2.45, 2.75) is 33.6 Å². The van der Waals surface area contributed by atoms with E-state index in [0.29, 0.717) is 11.8 Å². The predicted octanol–water partition coefficient (Wildman–Crippen LogP) is 4.71. The molecule has 0 bridgehead atoms. The van der Waals surface area contributed by atoms with E-state index in [1.165, 1.54) is 21.0 Å². The molecular weight excluding hydrogens is 274 g/mol. The van der Waals surface area contributed by atoms with Crippen molar-refractivity contribution < 1.29 is 0 Å². The number of nitrogens with zero attached hydrogens (tertiary/aromatic N) is 1. The van der Waals surface area contributed by atoms with Crippen LogP contribution >= 0.6 is 22.9 Å². The number of hydrogen-bond donors (Lipinski definition) is 0. The van der Waals surface area contributed by atoms with Crippen LogP contribution in [-0.4, -0.2) is 10.9 Å². The summed E-state index contributed by atoms with van der Waals surface area (Å²) in [5.41, 5.74) is 3.82. The Morgan fingerprint density at radius 3 is 2.32 bits per heavy atom. The zero-order chi connectivity index (χ0) is 13.8. The van der Waals surface area contributed by atoms with Gasteiger partial charge in [0, 0.05) is 17.2 Å². The standard InChI is InChI=1S/C16H20ClNS/c1-11-4-6-14(7-5-11)8-15(10-17)9-16-18-12(2)13(3)19-16/h4-7,15H,8-10H2,1-3H3. The Bertz CT molecular complexity index is 511. The average Bonchev–Trinajstić information content (AvgIpc) is 2.70. The highest BCUT2D eigenvalue weighted by atomic mass is 35.5. The van der Waals surface area contributed by atoms with Crippen LogP contribution in [0.15, 0.2) is 24.3 Å². The Kier molecular flexibility index (Phi) is 5.00. The second kappa shape index (κ2) is 6.53. The molecule has 1 aromatic carbocycles. The summed E-state index contributed by atoms with van der Waals surface area (Å²) in [4.78, 5) is 5.93. The van der Waals surface area contributed by atoms with Crippen LogP contribution in [0.5, 0.6) is 0 Å². The molecule has 0 N–H and O–H groups in total. The van der Waals surface area contributed by atoms with Gasteiger partial charge in [-0.1, -0.05) is 29.8 Å². The van der Waals surface area contributed by atoms with E-state index in [0.717, 1.165) is 18.5 Å². The second-order valence-corrected chi connectivity index (χ2v) is 6.76. The summed E-state index contributed by atoms with van der Waals surface area (Å²) in [5, 5.41) is 1.22. The molecule has 1 aromatic heterocycles. The quantitative estimate of drug-likeness (QED) is 0.728. The summed E-state index contributed by atoms with van der Waals surface area (Å²) in [6.07, 6.45) is 2.01. The Hall–Kier alpha value is -0.860. The first-order valence-corrected chi connectivity index (χ1v) is 7.98. The molecule has 102 valence electrons. The molecular formula is C16H20ClNS. The minimum Gasteiger partial charge on any atom is -0.246 e. The van der Waals surface area contributed by atoms with Gasteiger partial charge in [0.05, 0.1) is 10.7 Å². The molecule has 3 heteroatoms. The molecule has 0 saturated heterocycles. The highest BCUT2D eigenvalue weighted by molar-refractivity contribution is 7.11. The van der Waals surface area contributed by atoms with Gasteiger partial charge in [-0.2, -0.15) is 0 Å². The summed E-state index contributed by atoms with van der Waals surface area (Å²) >= 11 is 7.92. The Labute approximate surface area is 124 Å². The van der Waals surface area contributed by atoms with Crippen LogP contribution in [0.25, 0.3) is 0 Å². The zero-order valence-electron chi connectivity index (χ0n) is 11.7. The number of alkyl halides is 1. The van der Waals surface area contributed by atoms with Crippen molar-refractivity contribution in [1.82, 2.24) is 4.98 Å². The topological polar surface area (TPSA) is 12.9 Å². The Balaban J connectivity index is 2.02. The van der Waals surface area contributed by atoms with Gasteiger partial charge in [-0.05, 0) is 38.7 Å². The number of aryl methyl sites for hydroxylation is 3. The fourth-order valence-corrected chi connectivity index (χ4v) is 3.38. The summed E-state index contributed by atoms with van der Waals surface area (Å²) in [5.74, 6) is 1.15. The van der Waals surface area contributed by atoms with Crippen molar-refractivity contribution in [3.05, 3.63) is 51.0 Å². The van der Waals surface area contributed by atoms with Gasteiger partial charge in [0.25, 0.3) is 0 Å². The normalized spacial score (nSPS) is 12.6. The lowest BCUT2D eigenvalue weighted by Gasteiger charge is -2.12. The third-order valence-electron chi connectivity index (χ3n) is 3.40. The Morgan fingerprint density at radius 1 is 1.11 bits per heavy atom. The highest BCUT2D eigenvalue weighted by Crippen LogP contribution is 2.22. The molecule has 0 saturated carbocycles. The van der Waals surface area contributed by atoms with Gasteiger partial charge in [-0.3, -0.25) is 0 Å². The minimum atomic E-state index is 0.467. The van der Waals surface area contributed by atoms with E-state index < -0.39 is 0 Å². The van der Waals surface area contributed by atoms with Crippen molar-refractivity contribution in [1.29, 1.82) is 0 Å². The van der Waals surface area contributed by atoms with E-state index in [1.54, 1.807) is 11.3 Å². The van der Waals surface area contributed by atoms with Crippen molar-refractivity contribution in [3.63, 3.8) is 0 Å². The molecule has 1 atom stereocenters. The van der Waals surface area contributed by atoms with Crippen molar-refractivity contribution >= 4 is 22.9 Å². The van der Waals surface area contributed by atoms with E-state index in [9.17, 15) is 0 Å². The summed E-state index contributed by atoms with van der Waals surface area (Å²) < 4.78 is 0. The molecule has 0 fully saturated rings. The number of halogens is 1. The molecule has 2 aromatic rings. The van der Waals surface area contributed by atoms with Gasteiger partial charge >= 0.3 is 0 Å². The van der Waals surface area contributed by atoms with Gasteiger partial charge < -0.3 is 0 Å². The Morgan fingerprint density at radius 2 is 1.79 bits per heavy atom. The van der Waals surface area contributed by atoms with Crippen LogP contribution < -0.4 is 0 Å². The summed E-state index contributed by atoms with van der Waals surface area (Å²) in [6, 6.07) is 8.73. The smallest absolute Gasteiger partial charge is 0.0934 e. The largest absolute Gasteiger partial charge is 0.246 e. The number of rotatable bonds is 5. The second-order valence-electron chi connectivity index (χ2n) is 5.16. The van der Waals surface area contributed by atoms with Crippen LogP contribution in [0.2, 0.25) is 0 Å². The highest BCUT2D eigenvalue weighted by Gasteiger charge is 2.13. The summed E-state index contributed by atoms with van der Waals surface area (Å²) in [7, 11) is 0. The zero-order valence-corrected chi connectivity index (χ0v) is 13.3. The molecule has 0 aliphatic heterocycles. The SMILES string of the molecule is Cc1ccc(CC(CCl)Cc2nc(C)c(C)s2)cc1. The van der Waals surface area contributed by atoms with E-state index in [1.807, 2.05) is 0 Å². The van der Waals surface area contributed by atoms with E-state index in [-0.39, 0.29) is 0 Å². The molecule has 0 radical (unpaired) electrons. The third kappa shape index (κ3) is 4.05. The number of hydrogen-bond acceptors (Lipinski definition) is 2. The van der Waals surface area contributed by atoms with Crippen molar-refractivity contribution in [2.75, 3.05) is 5.88 Å². The predicted molar refractivity (Wildman–Crippen MR) is 84.4 cm³/mol. The average molecular weight is 294 g/mol. The molecule has 0 aliphatic carbocycles. The molecule has 0 amide bonds. The van der Waals surface area contributed by atoms with Gasteiger partial charge in [0.2, 0.25) is 0 Å². The number of thiazole rings is 1. The molecule has 2 rings (SSSR count).